The standard InChI is InChI=1S/C16H23Cl2N/c1-13(10-17)11-19(2)12-16(8-3-9-16)14-4-6-15(18)7-5-14/h4-7,13H,3,8-12H2,1-2H3. The van der Waals surface area contributed by atoms with Gasteiger partial charge in [0.1, 0.15) is 0 Å². The van der Waals surface area contributed by atoms with Crippen molar-refractivity contribution in [3.63, 3.8) is 0 Å². The summed E-state index contributed by atoms with van der Waals surface area (Å²) in [4.78, 5) is 2.43. The zero-order chi connectivity index (χ0) is 13.9. The van der Waals surface area contributed by atoms with Crippen molar-refractivity contribution in [1.29, 1.82) is 0 Å². The maximum Gasteiger partial charge on any atom is 0.0406 e. The number of rotatable bonds is 6. The molecule has 0 amide bonds. The second kappa shape index (κ2) is 6.47. The van der Waals surface area contributed by atoms with Crippen LogP contribution in [0.5, 0.6) is 0 Å². The van der Waals surface area contributed by atoms with Gasteiger partial charge in [0.15, 0.2) is 0 Å². The summed E-state index contributed by atoms with van der Waals surface area (Å²) in [5.74, 6) is 1.28. The smallest absolute Gasteiger partial charge is 0.0406 e. The lowest BCUT2D eigenvalue weighted by Crippen LogP contribution is -2.45. The van der Waals surface area contributed by atoms with Gasteiger partial charge in [0.2, 0.25) is 0 Å². The average Bonchev–Trinajstić information content (AvgIpc) is 2.35. The topological polar surface area (TPSA) is 3.24 Å². The van der Waals surface area contributed by atoms with Gasteiger partial charge in [-0.3, -0.25) is 0 Å². The van der Waals surface area contributed by atoms with Gasteiger partial charge < -0.3 is 4.90 Å². The molecule has 106 valence electrons. The summed E-state index contributed by atoms with van der Waals surface area (Å²) >= 11 is 11.9. The van der Waals surface area contributed by atoms with E-state index in [0.717, 1.165) is 24.0 Å². The molecule has 0 saturated heterocycles. The van der Waals surface area contributed by atoms with Crippen molar-refractivity contribution < 1.29 is 0 Å². The van der Waals surface area contributed by atoms with Crippen LogP contribution < -0.4 is 0 Å². The van der Waals surface area contributed by atoms with Gasteiger partial charge in [0, 0.05) is 29.4 Å². The predicted molar refractivity (Wildman–Crippen MR) is 84.4 cm³/mol. The Morgan fingerprint density at radius 3 is 2.37 bits per heavy atom. The molecule has 1 aromatic carbocycles. The third-order valence-electron chi connectivity index (χ3n) is 4.23. The molecule has 3 heteroatoms. The van der Waals surface area contributed by atoms with E-state index in [1.807, 2.05) is 12.1 Å². The minimum atomic E-state index is 0.339. The molecule has 1 aromatic rings. The van der Waals surface area contributed by atoms with Crippen LogP contribution in [0.2, 0.25) is 5.02 Å². The Hall–Kier alpha value is -0.240. The van der Waals surface area contributed by atoms with E-state index in [2.05, 4.69) is 31.0 Å². The fourth-order valence-electron chi connectivity index (χ4n) is 3.11. The fraction of sp³-hybridized carbons (Fsp3) is 0.625. The van der Waals surface area contributed by atoms with Gasteiger partial charge in [-0.15, -0.1) is 11.6 Å². The minimum absolute atomic E-state index is 0.339. The average molecular weight is 300 g/mol. The first-order valence-electron chi connectivity index (χ1n) is 7.06. The van der Waals surface area contributed by atoms with Gasteiger partial charge in [-0.1, -0.05) is 37.1 Å². The van der Waals surface area contributed by atoms with Gasteiger partial charge in [0.05, 0.1) is 0 Å². The summed E-state index contributed by atoms with van der Waals surface area (Å²) in [6.07, 6.45) is 3.91. The van der Waals surface area contributed by atoms with Crippen LogP contribution in [-0.4, -0.2) is 30.9 Å². The maximum absolute atomic E-state index is 5.99. The van der Waals surface area contributed by atoms with Crippen molar-refractivity contribution in [2.45, 2.75) is 31.6 Å². The Morgan fingerprint density at radius 1 is 1.26 bits per heavy atom. The van der Waals surface area contributed by atoms with Gasteiger partial charge in [-0.25, -0.2) is 0 Å². The van der Waals surface area contributed by atoms with Crippen LogP contribution in [0.3, 0.4) is 0 Å². The fourth-order valence-corrected chi connectivity index (χ4v) is 3.33. The third-order valence-corrected chi connectivity index (χ3v) is 5.01. The lowest BCUT2D eigenvalue weighted by Gasteiger charge is -2.45. The summed E-state index contributed by atoms with van der Waals surface area (Å²) in [6, 6.07) is 8.41. The Kier molecular flexibility index (Phi) is 5.16. The molecule has 1 fully saturated rings. The Balaban J connectivity index is 2.04. The van der Waals surface area contributed by atoms with E-state index in [4.69, 9.17) is 23.2 Å². The van der Waals surface area contributed by atoms with E-state index in [1.165, 1.54) is 24.8 Å². The molecule has 0 radical (unpaired) electrons. The second-order valence-corrected chi connectivity index (χ2v) is 6.84. The van der Waals surface area contributed by atoms with Crippen molar-refractivity contribution >= 4 is 23.2 Å². The van der Waals surface area contributed by atoms with E-state index in [1.54, 1.807) is 0 Å². The SMILES string of the molecule is CC(CCl)CN(C)CC1(c2ccc(Cl)cc2)CCC1. The molecule has 1 atom stereocenters. The summed E-state index contributed by atoms with van der Waals surface area (Å²) in [5, 5.41) is 0.822. The van der Waals surface area contributed by atoms with Crippen LogP contribution in [0.4, 0.5) is 0 Å². The molecule has 0 bridgehead atoms. The molecular formula is C16H23Cl2N. The first kappa shape index (κ1) is 15.2. The van der Waals surface area contributed by atoms with Crippen molar-refractivity contribution in [3.8, 4) is 0 Å². The Morgan fingerprint density at radius 2 is 1.89 bits per heavy atom. The van der Waals surface area contributed by atoms with E-state index in [9.17, 15) is 0 Å². The predicted octanol–water partition coefficient (Wildman–Crippen LogP) is 4.57. The zero-order valence-corrected chi connectivity index (χ0v) is 13.3. The molecule has 1 unspecified atom stereocenters. The van der Waals surface area contributed by atoms with Crippen LogP contribution in [0, 0.1) is 5.92 Å². The van der Waals surface area contributed by atoms with Crippen molar-refractivity contribution in [1.82, 2.24) is 4.90 Å². The molecule has 0 N–H and O–H groups in total. The highest BCUT2D eigenvalue weighted by Crippen LogP contribution is 2.44. The number of likely N-dealkylation sites (N-methyl/N-ethyl adjacent to an activating group) is 1. The molecule has 2 rings (SSSR count). The first-order chi connectivity index (χ1) is 9.05. The summed E-state index contributed by atoms with van der Waals surface area (Å²) < 4.78 is 0. The Labute approximate surface area is 126 Å². The summed E-state index contributed by atoms with van der Waals surface area (Å²) in [5.41, 5.74) is 1.78. The van der Waals surface area contributed by atoms with E-state index in [0.29, 0.717) is 11.3 Å². The van der Waals surface area contributed by atoms with Gasteiger partial charge in [-0.2, -0.15) is 0 Å². The highest BCUT2D eigenvalue weighted by atomic mass is 35.5. The molecule has 0 spiro atoms. The quantitative estimate of drug-likeness (QED) is 0.696. The van der Waals surface area contributed by atoms with E-state index in [-0.39, 0.29) is 0 Å². The largest absolute Gasteiger partial charge is 0.305 e. The molecule has 1 aliphatic rings. The summed E-state index contributed by atoms with van der Waals surface area (Å²) in [6.45, 7) is 4.40. The number of nitrogens with zero attached hydrogens (tertiary/aromatic N) is 1. The molecular weight excluding hydrogens is 277 g/mol. The number of hydrogen-bond donors (Lipinski definition) is 0. The molecule has 0 heterocycles. The molecule has 0 aliphatic heterocycles. The molecule has 19 heavy (non-hydrogen) atoms. The van der Waals surface area contributed by atoms with Crippen molar-refractivity contribution in [2.24, 2.45) is 5.92 Å². The first-order valence-corrected chi connectivity index (χ1v) is 7.97. The second-order valence-electron chi connectivity index (χ2n) is 6.10. The monoisotopic (exact) mass is 299 g/mol. The maximum atomic E-state index is 5.99. The molecule has 1 aliphatic carbocycles. The lowest BCUT2D eigenvalue weighted by atomic mass is 9.64. The highest BCUT2D eigenvalue weighted by molar-refractivity contribution is 6.30. The van der Waals surface area contributed by atoms with Gasteiger partial charge in [-0.05, 0) is 43.5 Å². The lowest BCUT2D eigenvalue weighted by molar-refractivity contribution is 0.150. The third kappa shape index (κ3) is 3.65. The van der Waals surface area contributed by atoms with Crippen molar-refractivity contribution in [2.75, 3.05) is 26.0 Å². The zero-order valence-electron chi connectivity index (χ0n) is 11.8. The van der Waals surface area contributed by atoms with Crippen molar-refractivity contribution in [3.05, 3.63) is 34.9 Å². The number of halogens is 2. The molecule has 1 nitrogen and oxygen atoms in total. The molecule has 0 aromatic heterocycles. The number of hydrogen-bond acceptors (Lipinski definition) is 1. The van der Waals surface area contributed by atoms with E-state index < -0.39 is 0 Å². The van der Waals surface area contributed by atoms with Crippen LogP contribution in [0.1, 0.15) is 31.7 Å². The summed E-state index contributed by atoms with van der Waals surface area (Å²) in [7, 11) is 2.21. The van der Waals surface area contributed by atoms with Crippen LogP contribution in [0.15, 0.2) is 24.3 Å². The Bertz CT molecular complexity index is 398. The molecule has 1 saturated carbocycles. The number of benzene rings is 1. The van der Waals surface area contributed by atoms with Gasteiger partial charge >= 0.3 is 0 Å². The normalized spacial score (nSPS) is 19.2. The number of alkyl halides is 1. The van der Waals surface area contributed by atoms with Gasteiger partial charge in [0.25, 0.3) is 0 Å². The van der Waals surface area contributed by atoms with Crippen LogP contribution in [0.25, 0.3) is 0 Å². The van der Waals surface area contributed by atoms with E-state index >= 15 is 0 Å². The van der Waals surface area contributed by atoms with Crippen LogP contribution in [-0.2, 0) is 5.41 Å². The highest BCUT2D eigenvalue weighted by Gasteiger charge is 2.39. The minimum Gasteiger partial charge on any atom is -0.305 e. The van der Waals surface area contributed by atoms with Crippen LogP contribution >= 0.6 is 23.2 Å².